The molecule has 0 saturated carbocycles. The van der Waals surface area contributed by atoms with E-state index in [1.165, 1.54) is 11.7 Å². The second kappa shape index (κ2) is 7.90. The van der Waals surface area contributed by atoms with Gasteiger partial charge in [0.05, 0.1) is 18.3 Å². The molecule has 0 N–H and O–H groups in total. The summed E-state index contributed by atoms with van der Waals surface area (Å²) in [4.78, 5) is 31.8. The van der Waals surface area contributed by atoms with Crippen molar-refractivity contribution in [2.45, 2.75) is 39.0 Å². The van der Waals surface area contributed by atoms with Crippen LogP contribution in [0.3, 0.4) is 0 Å². The van der Waals surface area contributed by atoms with Gasteiger partial charge in [-0.05, 0) is 32.9 Å². The Labute approximate surface area is 185 Å². The van der Waals surface area contributed by atoms with Crippen molar-refractivity contribution in [2.75, 3.05) is 7.11 Å². The second-order valence-electron chi connectivity index (χ2n) is 8.19. The first-order valence-electron chi connectivity index (χ1n) is 9.83. The van der Waals surface area contributed by atoms with Crippen LogP contribution in [0, 0.1) is 0 Å². The normalized spacial score (nSPS) is 16.2. The van der Waals surface area contributed by atoms with Gasteiger partial charge in [0.15, 0.2) is 0 Å². The highest BCUT2D eigenvalue weighted by molar-refractivity contribution is 6.31. The Hall–Kier alpha value is -3.03. The zero-order chi connectivity index (χ0) is 22.3. The number of benzene rings is 2. The predicted octanol–water partition coefficient (Wildman–Crippen LogP) is 5.68. The number of hydrogen-bond donors (Lipinski definition) is 0. The number of para-hydroxylation sites is 1. The summed E-state index contributed by atoms with van der Waals surface area (Å²) < 4.78 is 12.2. The smallest absolute Gasteiger partial charge is 0.434 e. The molecular weight excluding hydrogens is 420 g/mol. The third kappa shape index (κ3) is 3.75. The number of carbonyl (C=O) groups excluding carboxylic acids is 2. The maximum Gasteiger partial charge on any atom is 0.434 e. The van der Waals surface area contributed by atoms with Crippen LogP contribution in [0.5, 0.6) is 0 Å². The summed E-state index contributed by atoms with van der Waals surface area (Å²) in [6, 6.07) is 13.8. The number of hydrogen-bond acceptors (Lipinski definition) is 5. The van der Waals surface area contributed by atoms with Gasteiger partial charge in [0.25, 0.3) is 0 Å². The van der Waals surface area contributed by atoms with Gasteiger partial charge < -0.3 is 9.47 Å². The molecule has 1 atom stereocenters. The lowest BCUT2D eigenvalue weighted by Crippen LogP contribution is -2.41. The zero-order valence-corrected chi connectivity index (χ0v) is 18.5. The van der Waals surface area contributed by atoms with Gasteiger partial charge in [-0.1, -0.05) is 48.0 Å². The van der Waals surface area contributed by atoms with E-state index in [1.807, 2.05) is 30.3 Å². The Bertz CT molecular complexity index is 1160. The molecule has 3 aromatic rings. The van der Waals surface area contributed by atoms with Crippen molar-refractivity contribution in [3.05, 3.63) is 70.4 Å². The molecule has 1 aliphatic heterocycles. The SMILES string of the molecule is COC(=O)N1OCc2c(n(C(=O)OC(C)(C)C)c3ccccc23)C1c1ccccc1Cl. The molecule has 162 valence electrons. The van der Waals surface area contributed by atoms with E-state index >= 15 is 0 Å². The van der Waals surface area contributed by atoms with Crippen LogP contribution in [-0.4, -0.2) is 34.5 Å². The average Bonchev–Trinajstić information content (AvgIpc) is 3.06. The molecule has 1 aromatic heterocycles. The minimum atomic E-state index is -0.815. The molecule has 0 radical (unpaired) electrons. The number of rotatable bonds is 1. The summed E-state index contributed by atoms with van der Waals surface area (Å²) in [5.41, 5.74) is 1.89. The lowest BCUT2D eigenvalue weighted by atomic mass is 9.98. The summed E-state index contributed by atoms with van der Waals surface area (Å²) in [7, 11) is 1.27. The first-order chi connectivity index (χ1) is 14.7. The van der Waals surface area contributed by atoms with Crippen LogP contribution in [0.1, 0.15) is 43.6 Å². The van der Waals surface area contributed by atoms with Crippen LogP contribution in [0.25, 0.3) is 10.9 Å². The van der Waals surface area contributed by atoms with Gasteiger partial charge in [0.2, 0.25) is 0 Å². The first-order valence-corrected chi connectivity index (χ1v) is 10.2. The van der Waals surface area contributed by atoms with Gasteiger partial charge in [0, 0.05) is 21.5 Å². The number of aromatic nitrogens is 1. The highest BCUT2D eigenvalue weighted by Crippen LogP contribution is 2.43. The molecule has 2 heterocycles. The molecule has 7 nitrogen and oxygen atoms in total. The van der Waals surface area contributed by atoms with E-state index in [-0.39, 0.29) is 6.61 Å². The quantitative estimate of drug-likeness (QED) is 0.484. The van der Waals surface area contributed by atoms with Crippen LogP contribution in [-0.2, 0) is 20.9 Å². The Morgan fingerprint density at radius 3 is 2.42 bits per heavy atom. The van der Waals surface area contributed by atoms with Crippen molar-refractivity contribution in [1.29, 1.82) is 0 Å². The number of nitrogens with zero attached hydrogens (tertiary/aromatic N) is 2. The topological polar surface area (TPSA) is 70.0 Å². The van der Waals surface area contributed by atoms with Crippen LogP contribution in [0.15, 0.2) is 48.5 Å². The molecule has 0 saturated heterocycles. The average molecular weight is 443 g/mol. The van der Waals surface area contributed by atoms with E-state index in [4.69, 9.17) is 25.9 Å². The molecule has 1 unspecified atom stereocenters. The van der Waals surface area contributed by atoms with Crippen LogP contribution in [0.2, 0.25) is 5.02 Å². The van der Waals surface area contributed by atoms with Crippen LogP contribution < -0.4 is 0 Å². The number of methoxy groups -OCH3 is 1. The number of carbonyl (C=O) groups is 2. The van der Waals surface area contributed by atoms with Crippen molar-refractivity contribution < 1.29 is 23.9 Å². The molecule has 1 aliphatic rings. The third-order valence-corrected chi connectivity index (χ3v) is 5.34. The fourth-order valence-corrected chi connectivity index (χ4v) is 4.05. The number of halogens is 1. The van der Waals surface area contributed by atoms with E-state index < -0.39 is 23.8 Å². The van der Waals surface area contributed by atoms with E-state index in [0.29, 0.717) is 21.8 Å². The molecular formula is C23H23ClN2O5. The summed E-state index contributed by atoms with van der Waals surface area (Å²) in [5, 5.41) is 2.38. The second-order valence-corrected chi connectivity index (χ2v) is 8.60. The molecule has 0 bridgehead atoms. The van der Waals surface area contributed by atoms with E-state index in [1.54, 1.807) is 39.0 Å². The van der Waals surface area contributed by atoms with Gasteiger partial charge >= 0.3 is 12.2 Å². The molecule has 4 rings (SSSR count). The van der Waals surface area contributed by atoms with Gasteiger partial charge in [-0.3, -0.25) is 4.84 Å². The Balaban J connectivity index is 2.03. The van der Waals surface area contributed by atoms with Crippen molar-refractivity contribution in [2.24, 2.45) is 0 Å². The Morgan fingerprint density at radius 1 is 1.06 bits per heavy atom. The van der Waals surface area contributed by atoms with Crippen molar-refractivity contribution in [1.82, 2.24) is 9.63 Å². The van der Waals surface area contributed by atoms with Crippen molar-refractivity contribution in [3.63, 3.8) is 0 Å². The third-order valence-electron chi connectivity index (χ3n) is 4.99. The Kier molecular flexibility index (Phi) is 5.41. The maximum atomic E-state index is 13.3. The standard InChI is InChI=1S/C23H23ClN2O5/c1-23(2,3)31-21(27)25-18-12-8-6-9-14(18)16-13-30-26(22(28)29-4)20(19(16)25)15-10-5-7-11-17(15)24/h5-12,20H,13H2,1-4H3. The maximum absolute atomic E-state index is 13.3. The van der Waals surface area contributed by atoms with Gasteiger partial charge in [-0.25, -0.2) is 14.2 Å². The monoisotopic (exact) mass is 442 g/mol. The lowest BCUT2D eigenvalue weighted by Gasteiger charge is -2.35. The van der Waals surface area contributed by atoms with Crippen LogP contribution in [0.4, 0.5) is 9.59 Å². The lowest BCUT2D eigenvalue weighted by molar-refractivity contribution is -0.173. The minimum absolute atomic E-state index is 0.0850. The van der Waals surface area contributed by atoms with Gasteiger partial charge in [-0.15, -0.1) is 0 Å². The highest BCUT2D eigenvalue weighted by Gasteiger charge is 2.41. The van der Waals surface area contributed by atoms with Gasteiger partial charge in [0.1, 0.15) is 18.2 Å². The van der Waals surface area contributed by atoms with Crippen molar-refractivity contribution in [3.8, 4) is 0 Å². The van der Waals surface area contributed by atoms with E-state index in [0.717, 1.165) is 16.0 Å². The predicted molar refractivity (Wildman–Crippen MR) is 116 cm³/mol. The molecule has 8 heteroatoms. The fraction of sp³-hybridized carbons (Fsp3) is 0.304. The number of hydroxylamine groups is 2. The largest absolute Gasteiger partial charge is 0.451 e. The highest BCUT2D eigenvalue weighted by atomic mass is 35.5. The number of amides is 1. The van der Waals surface area contributed by atoms with Crippen LogP contribution >= 0.6 is 11.6 Å². The Morgan fingerprint density at radius 2 is 1.74 bits per heavy atom. The fourth-order valence-electron chi connectivity index (χ4n) is 3.81. The summed E-state index contributed by atoms with van der Waals surface area (Å²) in [5.74, 6) is 0. The molecule has 2 aromatic carbocycles. The zero-order valence-electron chi connectivity index (χ0n) is 17.7. The minimum Gasteiger partial charge on any atom is -0.451 e. The van der Waals surface area contributed by atoms with Gasteiger partial charge in [-0.2, -0.15) is 5.06 Å². The first kappa shape index (κ1) is 21.2. The molecule has 1 amide bonds. The van der Waals surface area contributed by atoms with E-state index in [2.05, 4.69) is 0 Å². The molecule has 31 heavy (non-hydrogen) atoms. The summed E-state index contributed by atoms with van der Waals surface area (Å²) in [6.07, 6.45) is -1.25. The number of ether oxygens (including phenoxy) is 2. The number of fused-ring (bicyclic) bond motifs is 3. The summed E-state index contributed by atoms with van der Waals surface area (Å²) >= 11 is 6.51. The van der Waals surface area contributed by atoms with Crippen molar-refractivity contribution >= 4 is 34.7 Å². The molecule has 0 spiro atoms. The molecule has 0 fully saturated rings. The molecule has 0 aliphatic carbocycles. The summed E-state index contributed by atoms with van der Waals surface area (Å²) in [6.45, 7) is 5.50. The van der Waals surface area contributed by atoms with E-state index in [9.17, 15) is 9.59 Å².